The first-order valence-corrected chi connectivity index (χ1v) is 8.66. The van der Waals surface area contributed by atoms with Gasteiger partial charge in [-0.3, -0.25) is 0 Å². The van der Waals surface area contributed by atoms with Gasteiger partial charge in [-0.2, -0.15) is 4.31 Å². The summed E-state index contributed by atoms with van der Waals surface area (Å²) in [5, 5.41) is 0. The predicted molar refractivity (Wildman–Crippen MR) is 76.7 cm³/mol. The van der Waals surface area contributed by atoms with Crippen molar-refractivity contribution in [3.8, 4) is 0 Å². The molecule has 0 aromatic carbocycles. The van der Waals surface area contributed by atoms with Crippen molar-refractivity contribution in [2.24, 2.45) is 11.8 Å². The fraction of sp³-hybridized carbons (Fsp3) is 0.692. The summed E-state index contributed by atoms with van der Waals surface area (Å²) in [6.45, 7) is 5.64. The van der Waals surface area contributed by atoms with Crippen LogP contribution in [0.25, 0.3) is 0 Å². The third-order valence-electron chi connectivity index (χ3n) is 3.94. The second-order valence-corrected chi connectivity index (χ2v) is 7.68. The fourth-order valence-corrected chi connectivity index (χ4v) is 4.22. The van der Waals surface area contributed by atoms with Crippen LogP contribution in [-0.4, -0.2) is 30.8 Å². The molecule has 1 fully saturated rings. The molecule has 1 N–H and O–H groups in total. The molecule has 0 amide bonds. The van der Waals surface area contributed by atoms with Gasteiger partial charge in [-0.15, -0.1) is 11.6 Å². The number of aromatic nitrogens is 1. The molecule has 0 aliphatic carbocycles. The third kappa shape index (κ3) is 3.15. The summed E-state index contributed by atoms with van der Waals surface area (Å²) in [5.74, 6) is 1.56. The Morgan fingerprint density at radius 1 is 1.42 bits per heavy atom. The standard InChI is InChI=1S/C13H21ClN2O2S/c1-10(2)11-3-5-16(6-4-11)19(17,18)13-7-12(8-14)15-9-13/h7,9-11,15H,3-6,8H2,1-2H3. The van der Waals surface area contributed by atoms with Crippen molar-refractivity contribution in [1.82, 2.24) is 9.29 Å². The molecule has 2 heterocycles. The Morgan fingerprint density at radius 3 is 2.53 bits per heavy atom. The molecule has 0 unspecified atom stereocenters. The largest absolute Gasteiger partial charge is 0.363 e. The number of rotatable bonds is 4. The van der Waals surface area contributed by atoms with Crippen molar-refractivity contribution in [3.63, 3.8) is 0 Å². The minimum atomic E-state index is -3.36. The van der Waals surface area contributed by atoms with E-state index in [1.807, 2.05) is 0 Å². The van der Waals surface area contributed by atoms with Gasteiger partial charge >= 0.3 is 0 Å². The topological polar surface area (TPSA) is 53.2 Å². The fourth-order valence-electron chi connectivity index (χ4n) is 2.58. The summed E-state index contributed by atoms with van der Waals surface area (Å²) in [4.78, 5) is 3.21. The van der Waals surface area contributed by atoms with Gasteiger partial charge in [0.05, 0.1) is 10.8 Å². The molecule has 2 rings (SSSR count). The Hall–Kier alpha value is -0.520. The van der Waals surface area contributed by atoms with Crippen molar-refractivity contribution in [2.75, 3.05) is 13.1 Å². The van der Waals surface area contributed by atoms with E-state index in [1.54, 1.807) is 10.4 Å². The maximum Gasteiger partial charge on any atom is 0.244 e. The minimum Gasteiger partial charge on any atom is -0.363 e. The zero-order valence-corrected chi connectivity index (χ0v) is 13.0. The maximum atomic E-state index is 12.5. The first-order valence-electron chi connectivity index (χ1n) is 6.68. The van der Waals surface area contributed by atoms with Gasteiger partial charge in [0.1, 0.15) is 0 Å². The number of H-pyrrole nitrogens is 1. The number of sulfonamides is 1. The number of nitrogens with zero attached hydrogens (tertiary/aromatic N) is 1. The first kappa shape index (κ1) is 14.9. The average Bonchev–Trinajstić information content (AvgIpc) is 2.88. The van der Waals surface area contributed by atoms with Gasteiger partial charge in [-0.25, -0.2) is 8.42 Å². The van der Waals surface area contributed by atoms with Crippen molar-refractivity contribution < 1.29 is 8.42 Å². The summed E-state index contributed by atoms with van der Waals surface area (Å²) in [5.41, 5.74) is 0.734. The minimum absolute atomic E-state index is 0.297. The second kappa shape index (κ2) is 5.85. The number of halogens is 1. The van der Waals surface area contributed by atoms with Crippen LogP contribution in [-0.2, 0) is 15.9 Å². The second-order valence-electron chi connectivity index (χ2n) is 5.48. The molecule has 1 aliphatic heterocycles. The van der Waals surface area contributed by atoms with Gasteiger partial charge in [0, 0.05) is 25.0 Å². The van der Waals surface area contributed by atoms with Crippen LogP contribution in [0.4, 0.5) is 0 Å². The van der Waals surface area contributed by atoms with Gasteiger partial charge in [-0.1, -0.05) is 13.8 Å². The Morgan fingerprint density at radius 2 is 2.05 bits per heavy atom. The van der Waals surface area contributed by atoms with Crippen molar-refractivity contribution in [3.05, 3.63) is 18.0 Å². The summed E-state index contributed by atoms with van der Waals surface area (Å²) in [6.07, 6.45) is 3.43. The lowest BCUT2D eigenvalue weighted by molar-refractivity contribution is 0.226. The third-order valence-corrected chi connectivity index (χ3v) is 6.10. The molecule has 108 valence electrons. The molecule has 0 radical (unpaired) electrons. The Kier molecular flexibility index (Phi) is 4.58. The Labute approximate surface area is 120 Å². The molecule has 1 aromatic rings. The number of aromatic amines is 1. The molecule has 0 spiro atoms. The SMILES string of the molecule is CC(C)C1CCN(S(=O)(=O)c2c[nH]c(CCl)c2)CC1. The Bertz CT molecular complexity index is 517. The normalized spacial score (nSPS) is 19.2. The molecule has 0 saturated carbocycles. The van der Waals surface area contributed by atoms with Crippen LogP contribution < -0.4 is 0 Å². The lowest BCUT2D eigenvalue weighted by Gasteiger charge is -2.32. The lowest BCUT2D eigenvalue weighted by Crippen LogP contribution is -2.39. The van der Waals surface area contributed by atoms with E-state index in [0.29, 0.717) is 35.7 Å². The molecule has 1 aromatic heterocycles. The summed E-state index contributed by atoms with van der Waals surface area (Å²) >= 11 is 5.69. The number of hydrogen-bond acceptors (Lipinski definition) is 2. The zero-order valence-electron chi connectivity index (χ0n) is 11.4. The van der Waals surface area contributed by atoms with Gasteiger partial charge in [0.25, 0.3) is 0 Å². The van der Waals surface area contributed by atoms with Crippen LogP contribution in [0.3, 0.4) is 0 Å². The first-order chi connectivity index (χ1) is 8.95. The van der Waals surface area contributed by atoms with Gasteiger partial charge in [0.2, 0.25) is 10.0 Å². The number of hydrogen-bond donors (Lipinski definition) is 1. The highest BCUT2D eigenvalue weighted by atomic mass is 35.5. The molecule has 1 saturated heterocycles. The van der Waals surface area contributed by atoms with Crippen LogP contribution >= 0.6 is 11.6 Å². The van der Waals surface area contributed by atoms with Crippen LogP contribution in [0.5, 0.6) is 0 Å². The van der Waals surface area contributed by atoms with E-state index in [4.69, 9.17) is 11.6 Å². The molecule has 19 heavy (non-hydrogen) atoms. The summed E-state index contributed by atoms with van der Waals surface area (Å²) < 4.78 is 26.5. The highest BCUT2D eigenvalue weighted by Crippen LogP contribution is 2.28. The zero-order chi connectivity index (χ0) is 14.0. The average molecular weight is 305 g/mol. The van der Waals surface area contributed by atoms with Crippen LogP contribution in [0, 0.1) is 11.8 Å². The molecular weight excluding hydrogens is 284 g/mol. The number of piperidine rings is 1. The lowest BCUT2D eigenvalue weighted by atomic mass is 9.87. The van der Waals surface area contributed by atoms with Gasteiger partial charge in [-0.05, 0) is 30.7 Å². The highest BCUT2D eigenvalue weighted by Gasteiger charge is 2.30. The van der Waals surface area contributed by atoms with Gasteiger partial charge in [0.15, 0.2) is 0 Å². The van der Waals surface area contributed by atoms with E-state index in [-0.39, 0.29) is 0 Å². The predicted octanol–water partition coefficient (Wildman–Crippen LogP) is 2.81. The summed E-state index contributed by atoms with van der Waals surface area (Å²) in [6, 6.07) is 1.62. The molecule has 6 heteroatoms. The van der Waals surface area contributed by atoms with Gasteiger partial charge < -0.3 is 4.98 Å². The van der Waals surface area contributed by atoms with E-state index in [0.717, 1.165) is 18.5 Å². The maximum absolute atomic E-state index is 12.5. The van der Waals surface area contributed by atoms with Crippen LogP contribution in [0.2, 0.25) is 0 Å². The smallest absolute Gasteiger partial charge is 0.244 e. The quantitative estimate of drug-likeness (QED) is 0.870. The molecule has 4 nitrogen and oxygen atoms in total. The highest BCUT2D eigenvalue weighted by molar-refractivity contribution is 7.89. The molecular formula is C13H21ClN2O2S. The summed E-state index contributed by atoms with van der Waals surface area (Å²) in [7, 11) is -3.36. The molecule has 1 aliphatic rings. The van der Waals surface area contributed by atoms with Crippen molar-refractivity contribution in [2.45, 2.75) is 37.5 Å². The van der Waals surface area contributed by atoms with E-state index in [2.05, 4.69) is 18.8 Å². The number of nitrogens with one attached hydrogen (secondary N) is 1. The van der Waals surface area contributed by atoms with E-state index < -0.39 is 10.0 Å². The van der Waals surface area contributed by atoms with E-state index >= 15 is 0 Å². The van der Waals surface area contributed by atoms with Crippen LogP contribution in [0.1, 0.15) is 32.4 Å². The molecule has 0 atom stereocenters. The van der Waals surface area contributed by atoms with E-state index in [1.165, 1.54) is 6.20 Å². The number of alkyl halides is 1. The molecule has 0 bridgehead atoms. The van der Waals surface area contributed by atoms with Crippen molar-refractivity contribution in [1.29, 1.82) is 0 Å². The monoisotopic (exact) mass is 304 g/mol. The van der Waals surface area contributed by atoms with E-state index in [9.17, 15) is 8.42 Å². The van der Waals surface area contributed by atoms with Crippen molar-refractivity contribution >= 4 is 21.6 Å². The van der Waals surface area contributed by atoms with Crippen LogP contribution in [0.15, 0.2) is 17.2 Å². The Balaban J connectivity index is 2.09.